The molecule has 6 nitrogen and oxygen atoms in total. The Labute approximate surface area is 134 Å². The van der Waals surface area contributed by atoms with Crippen molar-refractivity contribution in [3.63, 3.8) is 0 Å². The first-order valence-electron chi connectivity index (χ1n) is 8.15. The normalized spacial score (nSPS) is 18.6. The van der Waals surface area contributed by atoms with Crippen LogP contribution in [-0.2, 0) is 11.3 Å². The summed E-state index contributed by atoms with van der Waals surface area (Å²) in [5.74, 6) is 2.23. The number of anilines is 1. The third-order valence-electron chi connectivity index (χ3n) is 4.57. The lowest BCUT2D eigenvalue weighted by Crippen LogP contribution is -2.38. The summed E-state index contributed by atoms with van der Waals surface area (Å²) in [4.78, 5) is 18.0. The first kappa shape index (κ1) is 14.2. The summed E-state index contributed by atoms with van der Waals surface area (Å²) in [5, 5.41) is 4.22. The molecule has 6 heteroatoms. The van der Waals surface area contributed by atoms with Gasteiger partial charge in [-0.1, -0.05) is 24.4 Å². The highest BCUT2D eigenvalue weighted by atomic mass is 16.5. The van der Waals surface area contributed by atoms with E-state index in [1.54, 1.807) is 17.2 Å². The molecule has 1 saturated carbocycles. The molecule has 0 unspecified atom stereocenters. The van der Waals surface area contributed by atoms with Gasteiger partial charge in [0.1, 0.15) is 0 Å². The van der Waals surface area contributed by atoms with E-state index in [-0.39, 0.29) is 12.5 Å². The number of rotatable bonds is 3. The predicted octanol–water partition coefficient (Wildman–Crippen LogP) is 3.04. The van der Waals surface area contributed by atoms with E-state index in [9.17, 15) is 4.79 Å². The van der Waals surface area contributed by atoms with Crippen molar-refractivity contribution in [2.24, 2.45) is 0 Å². The van der Waals surface area contributed by atoms with E-state index < -0.39 is 0 Å². The van der Waals surface area contributed by atoms with Crippen LogP contribution in [0.3, 0.4) is 0 Å². The van der Waals surface area contributed by atoms with Crippen LogP contribution in [0, 0.1) is 0 Å². The van der Waals surface area contributed by atoms with Gasteiger partial charge in [-0.2, -0.15) is 0 Å². The fourth-order valence-electron chi connectivity index (χ4n) is 3.35. The molecule has 0 aromatic carbocycles. The Bertz CT molecular complexity index is 707. The molecule has 0 bridgehead atoms. The lowest BCUT2D eigenvalue weighted by atomic mass is 9.87. The smallest absolute Gasteiger partial charge is 0.266 e. The topological polar surface area (TPSA) is 68.5 Å². The second-order valence-corrected chi connectivity index (χ2v) is 6.15. The summed E-state index contributed by atoms with van der Waals surface area (Å²) in [6.07, 6.45) is 7.82. The highest BCUT2D eigenvalue weighted by molar-refractivity contribution is 5.96. The van der Waals surface area contributed by atoms with E-state index in [1.807, 2.05) is 12.1 Å². The Morgan fingerprint density at radius 1 is 1.26 bits per heavy atom. The molecule has 3 heterocycles. The average Bonchev–Trinajstić information content (AvgIpc) is 3.07. The van der Waals surface area contributed by atoms with Crippen LogP contribution < -0.4 is 9.64 Å². The van der Waals surface area contributed by atoms with Crippen LogP contribution in [0.5, 0.6) is 5.75 Å². The molecule has 0 radical (unpaired) electrons. The molecule has 0 spiro atoms. The number of hydrogen-bond donors (Lipinski definition) is 0. The summed E-state index contributed by atoms with van der Waals surface area (Å²) in [6.45, 7) is 0.369. The van der Waals surface area contributed by atoms with Gasteiger partial charge >= 0.3 is 0 Å². The van der Waals surface area contributed by atoms with Crippen LogP contribution in [0.25, 0.3) is 0 Å². The molecular weight excluding hydrogens is 294 g/mol. The molecule has 2 aromatic rings. The van der Waals surface area contributed by atoms with Crippen LogP contribution in [0.15, 0.2) is 28.9 Å². The van der Waals surface area contributed by atoms with Gasteiger partial charge in [-0.15, -0.1) is 0 Å². The minimum absolute atomic E-state index is 0.0301. The van der Waals surface area contributed by atoms with Crippen molar-refractivity contribution in [1.82, 2.24) is 10.1 Å². The van der Waals surface area contributed by atoms with Crippen molar-refractivity contribution < 1.29 is 14.1 Å². The summed E-state index contributed by atoms with van der Waals surface area (Å²) in [6, 6.07) is 5.60. The summed E-state index contributed by atoms with van der Waals surface area (Å²) >= 11 is 0. The molecule has 0 N–H and O–H groups in total. The zero-order valence-electron chi connectivity index (χ0n) is 12.9. The van der Waals surface area contributed by atoms with E-state index in [0.29, 0.717) is 29.8 Å². The number of amides is 1. The van der Waals surface area contributed by atoms with Crippen molar-refractivity contribution >= 4 is 11.7 Å². The van der Waals surface area contributed by atoms with Gasteiger partial charge in [0.15, 0.2) is 23.9 Å². The van der Waals surface area contributed by atoms with Gasteiger partial charge in [-0.25, -0.2) is 4.98 Å². The molecule has 2 aromatic heterocycles. The van der Waals surface area contributed by atoms with Crippen LogP contribution in [0.4, 0.5) is 5.82 Å². The maximum Gasteiger partial charge on any atom is 0.266 e. The molecule has 1 aliphatic carbocycles. The fourth-order valence-corrected chi connectivity index (χ4v) is 3.35. The maximum atomic E-state index is 12.2. The van der Waals surface area contributed by atoms with Crippen molar-refractivity contribution in [3.8, 4) is 5.75 Å². The Hall–Kier alpha value is -2.37. The highest BCUT2D eigenvalue weighted by Crippen LogP contribution is 2.33. The minimum atomic E-state index is -0.119. The van der Waals surface area contributed by atoms with Gasteiger partial charge in [0.05, 0.1) is 12.2 Å². The van der Waals surface area contributed by atoms with Crippen LogP contribution >= 0.6 is 0 Å². The van der Waals surface area contributed by atoms with E-state index in [0.717, 1.165) is 5.69 Å². The quantitative estimate of drug-likeness (QED) is 0.871. The number of pyridine rings is 1. The second kappa shape index (κ2) is 6.02. The Balaban J connectivity index is 1.54. The second-order valence-electron chi connectivity index (χ2n) is 6.15. The number of nitrogens with zero attached hydrogens (tertiary/aromatic N) is 3. The number of hydrogen-bond acceptors (Lipinski definition) is 5. The van der Waals surface area contributed by atoms with Crippen molar-refractivity contribution in [2.75, 3.05) is 11.5 Å². The Kier molecular flexibility index (Phi) is 3.73. The van der Waals surface area contributed by atoms with Crippen molar-refractivity contribution in [1.29, 1.82) is 0 Å². The zero-order chi connectivity index (χ0) is 15.6. The van der Waals surface area contributed by atoms with Crippen LogP contribution in [0.2, 0.25) is 0 Å². The molecule has 1 aliphatic heterocycles. The van der Waals surface area contributed by atoms with E-state index in [1.165, 1.54) is 32.1 Å². The SMILES string of the molecule is O=C1COc2cccnc2N1Cc1cc(C2CCCCC2)no1. The maximum absolute atomic E-state index is 12.2. The van der Waals surface area contributed by atoms with Gasteiger partial charge in [0.25, 0.3) is 5.91 Å². The summed E-state index contributed by atoms with van der Waals surface area (Å²) in [7, 11) is 0. The molecule has 1 amide bonds. The molecule has 0 saturated heterocycles. The zero-order valence-corrected chi connectivity index (χ0v) is 12.9. The first-order valence-corrected chi connectivity index (χ1v) is 8.15. The third-order valence-corrected chi connectivity index (χ3v) is 4.57. The molecule has 2 aliphatic rings. The molecule has 0 atom stereocenters. The van der Waals surface area contributed by atoms with Crippen LogP contribution in [-0.4, -0.2) is 22.7 Å². The molecular formula is C17H19N3O3. The first-order chi connectivity index (χ1) is 11.3. The Morgan fingerprint density at radius 2 is 2.13 bits per heavy atom. The third kappa shape index (κ3) is 2.81. The highest BCUT2D eigenvalue weighted by Gasteiger charge is 2.28. The summed E-state index contributed by atoms with van der Waals surface area (Å²) < 4.78 is 10.9. The largest absolute Gasteiger partial charge is 0.480 e. The van der Waals surface area contributed by atoms with Crippen molar-refractivity contribution in [2.45, 2.75) is 44.6 Å². The van der Waals surface area contributed by atoms with Gasteiger partial charge < -0.3 is 9.26 Å². The molecule has 23 heavy (non-hydrogen) atoms. The van der Waals surface area contributed by atoms with Gasteiger partial charge in [0, 0.05) is 18.2 Å². The lowest BCUT2D eigenvalue weighted by molar-refractivity contribution is -0.121. The number of fused-ring (bicyclic) bond motifs is 1. The van der Waals surface area contributed by atoms with E-state index in [4.69, 9.17) is 9.26 Å². The predicted molar refractivity (Wildman–Crippen MR) is 83.3 cm³/mol. The van der Waals surface area contributed by atoms with Gasteiger partial charge in [0.2, 0.25) is 0 Å². The standard InChI is InChI=1S/C17H19N3O3/c21-16-11-22-15-7-4-8-18-17(15)20(16)10-13-9-14(19-23-13)12-5-2-1-3-6-12/h4,7-9,12H,1-3,5-6,10-11H2. The van der Waals surface area contributed by atoms with Crippen LogP contribution in [0.1, 0.15) is 49.5 Å². The number of aromatic nitrogens is 2. The Morgan fingerprint density at radius 3 is 3.00 bits per heavy atom. The van der Waals surface area contributed by atoms with E-state index >= 15 is 0 Å². The average molecular weight is 313 g/mol. The number of carbonyl (C=O) groups is 1. The number of carbonyl (C=O) groups excluding carboxylic acids is 1. The van der Waals surface area contributed by atoms with Gasteiger partial charge in [-0.05, 0) is 25.0 Å². The number of ether oxygens (including phenoxy) is 1. The monoisotopic (exact) mass is 313 g/mol. The minimum Gasteiger partial charge on any atom is -0.480 e. The molecule has 4 rings (SSSR count). The fraction of sp³-hybridized carbons (Fsp3) is 0.471. The lowest BCUT2D eigenvalue weighted by Gasteiger charge is -2.26. The van der Waals surface area contributed by atoms with E-state index in [2.05, 4.69) is 10.1 Å². The van der Waals surface area contributed by atoms with Gasteiger partial charge in [-0.3, -0.25) is 9.69 Å². The molecule has 1 fully saturated rings. The molecule has 120 valence electrons. The summed E-state index contributed by atoms with van der Waals surface area (Å²) in [5.41, 5.74) is 1.02. The van der Waals surface area contributed by atoms with Crippen molar-refractivity contribution in [3.05, 3.63) is 35.9 Å².